The van der Waals surface area contributed by atoms with Crippen molar-refractivity contribution in [2.45, 2.75) is 18.4 Å². The van der Waals surface area contributed by atoms with Crippen molar-refractivity contribution in [3.05, 3.63) is 57.2 Å². The highest BCUT2D eigenvalue weighted by Crippen LogP contribution is 2.45. The van der Waals surface area contributed by atoms with Crippen molar-refractivity contribution >= 4 is 35.2 Å². The Kier molecular flexibility index (Phi) is 6.00. The van der Waals surface area contributed by atoms with Gasteiger partial charge in [-0.2, -0.15) is 12.6 Å². The van der Waals surface area contributed by atoms with Gasteiger partial charge in [0.05, 0.1) is 19.2 Å². The molecule has 1 aliphatic heterocycles. The van der Waals surface area contributed by atoms with E-state index in [0.717, 1.165) is 18.5 Å². The average molecular weight is 446 g/mol. The maximum absolute atomic E-state index is 13.2. The zero-order chi connectivity index (χ0) is 21.4. The molecule has 0 amide bonds. The van der Waals surface area contributed by atoms with Gasteiger partial charge in [-0.1, -0.05) is 23.7 Å². The van der Waals surface area contributed by atoms with E-state index in [1.165, 1.54) is 13.2 Å². The molecule has 1 aromatic heterocycles. The molecule has 1 saturated heterocycles. The van der Waals surface area contributed by atoms with Crippen LogP contribution in [0.4, 0.5) is 0 Å². The van der Waals surface area contributed by atoms with Gasteiger partial charge in [-0.05, 0) is 32.1 Å². The summed E-state index contributed by atoms with van der Waals surface area (Å²) in [6, 6.07) is 10.8. The summed E-state index contributed by atoms with van der Waals surface area (Å²) in [5.41, 5.74) is 1.85. The number of rotatable bonds is 5. The molecule has 7 heteroatoms. The maximum Gasteiger partial charge on any atom is 0.197 e. The first kappa shape index (κ1) is 21.1. The number of nitrogens with zero attached hydrogens (tertiary/aromatic N) is 1. The number of hydrogen-bond donors (Lipinski definition) is 1. The third-order valence-electron chi connectivity index (χ3n) is 5.93. The zero-order valence-electron chi connectivity index (χ0n) is 17.1. The van der Waals surface area contributed by atoms with E-state index in [9.17, 15) is 4.79 Å². The summed E-state index contributed by atoms with van der Waals surface area (Å²) in [5, 5.41) is 0.932. The Morgan fingerprint density at radius 2 is 1.93 bits per heavy atom. The molecule has 1 fully saturated rings. The molecule has 0 bridgehead atoms. The van der Waals surface area contributed by atoms with Gasteiger partial charge in [0.25, 0.3) is 0 Å². The zero-order valence-corrected chi connectivity index (χ0v) is 18.8. The number of benzene rings is 2. The van der Waals surface area contributed by atoms with Gasteiger partial charge in [-0.25, -0.2) is 0 Å². The summed E-state index contributed by atoms with van der Waals surface area (Å²) in [6.07, 6.45) is 0.916. The van der Waals surface area contributed by atoms with E-state index in [4.69, 9.17) is 25.5 Å². The van der Waals surface area contributed by atoms with Gasteiger partial charge in [-0.15, -0.1) is 0 Å². The third-order valence-corrected chi connectivity index (χ3v) is 6.63. The molecule has 158 valence electrons. The predicted octanol–water partition coefficient (Wildman–Crippen LogP) is 4.85. The lowest BCUT2D eigenvalue weighted by atomic mass is 9.89. The second-order valence-electron chi connectivity index (χ2n) is 7.48. The lowest BCUT2D eigenvalue weighted by Gasteiger charge is -2.25. The molecule has 4 rings (SSSR count). The van der Waals surface area contributed by atoms with Gasteiger partial charge in [0, 0.05) is 41.0 Å². The molecule has 30 heavy (non-hydrogen) atoms. The Morgan fingerprint density at radius 1 is 1.20 bits per heavy atom. The van der Waals surface area contributed by atoms with Crippen LogP contribution >= 0.6 is 24.2 Å². The van der Waals surface area contributed by atoms with Crippen molar-refractivity contribution in [1.82, 2.24) is 4.90 Å². The number of thiol groups is 1. The topological polar surface area (TPSA) is 51.9 Å². The SMILES string of the molecule is COc1cc(OC)c2c(=O)cc(-c3ccccc3Cl)oc2c1[C@H]1CCN(C)[C@@H]1CS. The minimum atomic E-state index is -0.180. The van der Waals surface area contributed by atoms with Gasteiger partial charge in [0.1, 0.15) is 28.2 Å². The number of hydrogen-bond acceptors (Lipinski definition) is 6. The largest absolute Gasteiger partial charge is 0.496 e. The highest BCUT2D eigenvalue weighted by molar-refractivity contribution is 7.80. The van der Waals surface area contributed by atoms with Gasteiger partial charge in [0.2, 0.25) is 0 Å². The molecule has 0 saturated carbocycles. The van der Waals surface area contributed by atoms with Crippen molar-refractivity contribution in [2.24, 2.45) is 0 Å². The summed E-state index contributed by atoms with van der Waals surface area (Å²) in [7, 11) is 5.24. The van der Waals surface area contributed by atoms with Crippen molar-refractivity contribution in [2.75, 3.05) is 33.6 Å². The molecule has 1 aliphatic rings. The lowest BCUT2D eigenvalue weighted by Crippen LogP contribution is -2.30. The molecule has 2 heterocycles. The van der Waals surface area contributed by atoms with Crippen molar-refractivity contribution in [3.63, 3.8) is 0 Å². The highest BCUT2D eigenvalue weighted by Gasteiger charge is 2.36. The monoisotopic (exact) mass is 445 g/mol. The van der Waals surface area contributed by atoms with Crippen molar-refractivity contribution < 1.29 is 13.9 Å². The van der Waals surface area contributed by atoms with Gasteiger partial charge in [0.15, 0.2) is 5.43 Å². The predicted molar refractivity (Wildman–Crippen MR) is 124 cm³/mol. The molecule has 0 radical (unpaired) electrons. The fourth-order valence-corrected chi connectivity index (χ4v) is 5.15. The first-order valence-electron chi connectivity index (χ1n) is 9.78. The van der Waals surface area contributed by atoms with Crippen LogP contribution in [-0.2, 0) is 0 Å². The molecule has 0 N–H and O–H groups in total. The second-order valence-corrected chi connectivity index (χ2v) is 8.25. The van der Waals surface area contributed by atoms with Crippen LogP contribution in [0.2, 0.25) is 5.02 Å². The Hall–Kier alpha value is -2.15. The van der Waals surface area contributed by atoms with E-state index >= 15 is 0 Å². The smallest absolute Gasteiger partial charge is 0.197 e. The number of ether oxygens (including phenoxy) is 2. The first-order chi connectivity index (χ1) is 14.5. The average Bonchev–Trinajstić information content (AvgIpc) is 3.12. The number of halogens is 1. The van der Waals surface area contributed by atoms with Crippen LogP contribution < -0.4 is 14.9 Å². The molecule has 0 spiro atoms. The first-order valence-corrected chi connectivity index (χ1v) is 10.8. The molecule has 0 unspecified atom stereocenters. The van der Waals surface area contributed by atoms with E-state index in [1.54, 1.807) is 19.2 Å². The Balaban J connectivity index is 2.07. The van der Waals surface area contributed by atoms with Crippen LogP contribution in [0.5, 0.6) is 11.5 Å². The van der Waals surface area contributed by atoms with Crippen LogP contribution in [-0.4, -0.2) is 44.5 Å². The summed E-state index contributed by atoms with van der Waals surface area (Å²) in [4.78, 5) is 15.5. The van der Waals surface area contributed by atoms with E-state index < -0.39 is 0 Å². The van der Waals surface area contributed by atoms with E-state index in [0.29, 0.717) is 44.6 Å². The quantitative estimate of drug-likeness (QED) is 0.569. The van der Waals surface area contributed by atoms with Crippen LogP contribution in [0.3, 0.4) is 0 Å². The summed E-state index contributed by atoms with van der Waals surface area (Å²) < 4.78 is 17.6. The molecular weight excluding hydrogens is 422 g/mol. The normalized spacial score (nSPS) is 19.4. The highest BCUT2D eigenvalue weighted by atomic mass is 35.5. The number of likely N-dealkylation sites (tertiary alicyclic amines) is 1. The molecular formula is C23H24ClNO4S. The van der Waals surface area contributed by atoms with E-state index in [-0.39, 0.29) is 17.4 Å². The van der Waals surface area contributed by atoms with Crippen LogP contribution in [0, 0.1) is 0 Å². The third kappa shape index (κ3) is 3.47. The number of likely N-dealkylation sites (N-methyl/N-ethyl adjacent to an activating group) is 1. The Labute approximate surface area is 185 Å². The van der Waals surface area contributed by atoms with E-state index in [2.05, 4.69) is 24.6 Å². The van der Waals surface area contributed by atoms with E-state index in [1.807, 2.05) is 18.2 Å². The maximum atomic E-state index is 13.2. The fraction of sp³-hybridized carbons (Fsp3) is 0.348. The summed E-state index contributed by atoms with van der Waals surface area (Å²) in [5.74, 6) is 2.29. The van der Waals surface area contributed by atoms with Crippen molar-refractivity contribution in [1.29, 1.82) is 0 Å². The molecule has 3 aromatic rings. The molecule has 2 atom stereocenters. The second kappa shape index (κ2) is 8.53. The lowest BCUT2D eigenvalue weighted by molar-refractivity contribution is 0.319. The standard InChI is InChI=1S/C23H24ClNO4S/c1-25-9-8-14(16(25)12-30)21-19(27-2)11-20(28-3)22-17(26)10-18(29-23(21)22)13-6-4-5-7-15(13)24/h4-7,10-11,14,16,30H,8-9,12H2,1-3H3/t14-,16+/m0/s1. The molecule has 2 aromatic carbocycles. The minimum Gasteiger partial charge on any atom is -0.496 e. The Morgan fingerprint density at radius 3 is 2.60 bits per heavy atom. The van der Waals surface area contributed by atoms with Crippen LogP contribution in [0.1, 0.15) is 17.9 Å². The minimum absolute atomic E-state index is 0.112. The summed E-state index contributed by atoms with van der Waals surface area (Å²) in [6.45, 7) is 0.932. The van der Waals surface area contributed by atoms with Crippen molar-refractivity contribution in [3.8, 4) is 22.8 Å². The van der Waals surface area contributed by atoms with Gasteiger partial charge in [-0.3, -0.25) is 4.79 Å². The van der Waals surface area contributed by atoms with Crippen LogP contribution in [0.15, 0.2) is 45.6 Å². The number of methoxy groups -OCH3 is 2. The van der Waals surface area contributed by atoms with Crippen LogP contribution in [0.25, 0.3) is 22.3 Å². The number of fused-ring (bicyclic) bond motifs is 1. The molecule has 5 nitrogen and oxygen atoms in total. The van der Waals surface area contributed by atoms with Gasteiger partial charge < -0.3 is 18.8 Å². The van der Waals surface area contributed by atoms with Gasteiger partial charge >= 0.3 is 0 Å². The summed E-state index contributed by atoms with van der Waals surface area (Å²) >= 11 is 11.0. The molecule has 0 aliphatic carbocycles. The fourth-order valence-electron chi connectivity index (χ4n) is 4.38. The Bertz CT molecular complexity index is 1150.